The summed E-state index contributed by atoms with van der Waals surface area (Å²) in [4.78, 5) is 1.93. The number of aliphatic hydroxyl groups excluding tert-OH is 1. The quantitative estimate of drug-likeness (QED) is 0.592. The lowest BCUT2D eigenvalue weighted by molar-refractivity contribution is 0.0180. The molecule has 0 aliphatic carbocycles. The molecule has 0 bridgehead atoms. The summed E-state index contributed by atoms with van der Waals surface area (Å²) in [5.74, 6) is 0. The Morgan fingerprint density at radius 1 is 1.40 bits per heavy atom. The fraction of sp³-hybridized carbons (Fsp3) is 1.00. The molecule has 10 heavy (non-hydrogen) atoms. The summed E-state index contributed by atoms with van der Waals surface area (Å²) in [6.45, 7) is 9.18. The highest BCUT2D eigenvalue weighted by molar-refractivity contribution is 4.66. The van der Waals surface area contributed by atoms with Crippen molar-refractivity contribution in [2.24, 2.45) is 5.41 Å². The molecule has 2 heteroatoms. The zero-order valence-corrected chi connectivity index (χ0v) is 7.68. The largest absolute Gasteiger partial charge is 0.379 e. The van der Waals surface area contributed by atoms with Crippen LogP contribution in [0.5, 0.6) is 0 Å². The van der Waals surface area contributed by atoms with Gasteiger partial charge in [0.2, 0.25) is 0 Å². The Morgan fingerprint density at radius 3 is 1.90 bits per heavy atom. The van der Waals surface area contributed by atoms with E-state index in [4.69, 9.17) is 5.11 Å². The van der Waals surface area contributed by atoms with Gasteiger partial charge in [0.25, 0.3) is 0 Å². The SMILES string of the molecule is CC(O)N(C)CC(C)(C)C. The van der Waals surface area contributed by atoms with Gasteiger partial charge in [0.1, 0.15) is 6.23 Å². The Morgan fingerprint density at radius 2 is 1.80 bits per heavy atom. The van der Waals surface area contributed by atoms with Crippen molar-refractivity contribution in [3.8, 4) is 0 Å². The number of nitrogens with zero attached hydrogens (tertiary/aromatic N) is 1. The summed E-state index contributed by atoms with van der Waals surface area (Å²) < 4.78 is 0. The molecule has 2 nitrogen and oxygen atoms in total. The maximum atomic E-state index is 9.11. The van der Waals surface area contributed by atoms with Gasteiger partial charge in [-0.05, 0) is 19.4 Å². The van der Waals surface area contributed by atoms with Crippen LogP contribution in [0.1, 0.15) is 27.7 Å². The van der Waals surface area contributed by atoms with Crippen LogP contribution in [0.15, 0.2) is 0 Å². The smallest absolute Gasteiger partial charge is 0.104 e. The van der Waals surface area contributed by atoms with Crippen molar-refractivity contribution in [2.75, 3.05) is 13.6 Å². The van der Waals surface area contributed by atoms with Gasteiger partial charge in [-0.15, -0.1) is 0 Å². The topological polar surface area (TPSA) is 23.5 Å². The van der Waals surface area contributed by atoms with Crippen molar-refractivity contribution < 1.29 is 5.11 Å². The van der Waals surface area contributed by atoms with Crippen LogP contribution >= 0.6 is 0 Å². The zero-order valence-electron chi connectivity index (χ0n) is 7.68. The first-order valence-corrected chi connectivity index (χ1v) is 3.71. The maximum Gasteiger partial charge on any atom is 0.104 e. The van der Waals surface area contributed by atoms with Crippen molar-refractivity contribution in [3.63, 3.8) is 0 Å². The zero-order chi connectivity index (χ0) is 8.36. The molecule has 0 aromatic heterocycles. The van der Waals surface area contributed by atoms with Gasteiger partial charge in [-0.1, -0.05) is 20.8 Å². The second-order valence-electron chi connectivity index (χ2n) is 4.11. The molecule has 0 aromatic carbocycles. The van der Waals surface area contributed by atoms with Crippen LogP contribution in [0.25, 0.3) is 0 Å². The molecular weight excluding hydrogens is 126 g/mol. The molecule has 1 atom stereocenters. The van der Waals surface area contributed by atoms with Crippen LogP contribution in [-0.4, -0.2) is 29.8 Å². The number of hydrogen-bond acceptors (Lipinski definition) is 2. The van der Waals surface area contributed by atoms with E-state index < -0.39 is 0 Å². The molecule has 1 N–H and O–H groups in total. The highest BCUT2D eigenvalue weighted by Gasteiger charge is 2.15. The van der Waals surface area contributed by atoms with E-state index in [0.717, 1.165) is 6.54 Å². The third kappa shape index (κ3) is 4.77. The monoisotopic (exact) mass is 145 g/mol. The van der Waals surface area contributed by atoms with Crippen LogP contribution in [0.3, 0.4) is 0 Å². The van der Waals surface area contributed by atoms with Gasteiger partial charge >= 0.3 is 0 Å². The Bertz CT molecular complexity index is 93.9. The molecule has 0 amide bonds. The average molecular weight is 145 g/mol. The van der Waals surface area contributed by atoms with E-state index in [1.807, 2.05) is 11.9 Å². The molecule has 0 heterocycles. The Hall–Kier alpha value is -0.0800. The third-order valence-corrected chi connectivity index (χ3v) is 1.36. The van der Waals surface area contributed by atoms with Crippen LogP contribution in [0.4, 0.5) is 0 Å². The second-order valence-corrected chi connectivity index (χ2v) is 4.11. The van der Waals surface area contributed by atoms with E-state index >= 15 is 0 Å². The Kier molecular flexibility index (Phi) is 3.33. The van der Waals surface area contributed by atoms with Gasteiger partial charge in [-0.3, -0.25) is 4.90 Å². The molecule has 0 aliphatic heterocycles. The second kappa shape index (κ2) is 3.35. The molecule has 0 aliphatic rings. The third-order valence-electron chi connectivity index (χ3n) is 1.36. The normalized spacial score (nSPS) is 15.9. The van der Waals surface area contributed by atoms with E-state index in [9.17, 15) is 0 Å². The molecule has 0 rings (SSSR count). The fourth-order valence-corrected chi connectivity index (χ4v) is 0.880. The van der Waals surface area contributed by atoms with Crippen molar-refractivity contribution in [3.05, 3.63) is 0 Å². The fourth-order valence-electron chi connectivity index (χ4n) is 0.880. The van der Waals surface area contributed by atoms with Crippen LogP contribution in [-0.2, 0) is 0 Å². The lowest BCUT2D eigenvalue weighted by Gasteiger charge is -2.28. The summed E-state index contributed by atoms with van der Waals surface area (Å²) in [6, 6.07) is 0. The van der Waals surface area contributed by atoms with Crippen molar-refractivity contribution in [1.29, 1.82) is 0 Å². The summed E-state index contributed by atoms with van der Waals surface area (Å²) in [5.41, 5.74) is 0.270. The molecule has 1 unspecified atom stereocenters. The van der Waals surface area contributed by atoms with Gasteiger partial charge in [-0.2, -0.15) is 0 Å². The van der Waals surface area contributed by atoms with Crippen molar-refractivity contribution >= 4 is 0 Å². The van der Waals surface area contributed by atoms with E-state index in [-0.39, 0.29) is 11.6 Å². The Balaban J connectivity index is 3.68. The summed E-state index contributed by atoms with van der Waals surface area (Å²) >= 11 is 0. The minimum Gasteiger partial charge on any atom is -0.379 e. The maximum absolute atomic E-state index is 9.11. The molecule has 0 saturated carbocycles. The van der Waals surface area contributed by atoms with Crippen molar-refractivity contribution in [1.82, 2.24) is 4.90 Å². The Labute approximate surface area is 63.8 Å². The van der Waals surface area contributed by atoms with Crippen molar-refractivity contribution in [2.45, 2.75) is 33.9 Å². The number of aliphatic hydroxyl groups is 1. The van der Waals surface area contributed by atoms with E-state index in [1.165, 1.54) is 0 Å². The summed E-state index contributed by atoms with van der Waals surface area (Å²) in [7, 11) is 1.93. The van der Waals surface area contributed by atoms with Gasteiger partial charge < -0.3 is 5.11 Å². The lowest BCUT2D eigenvalue weighted by atomic mass is 9.96. The predicted molar refractivity (Wildman–Crippen MR) is 43.8 cm³/mol. The van der Waals surface area contributed by atoms with Crippen LogP contribution in [0.2, 0.25) is 0 Å². The summed E-state index contributed by atoms with van der Waals surface area (Å²) in [6.07, 6.45) is -0.334. The number of hydrogen-bond donors (Lipinski definition) is 1. The minimum absolute atomic E-state index is 0.270. The lowest BCUT2D eigenvalue weighted by Crippen LogP contribution is -2.35. The van der Waals surface area contributed by atoms with Gasteiger partial charge in [0.05, 0.1) is 0 Å². The van der Waals surface area contributed by atoms with Gasteiger partial charge in [0, 0.05) is 6.54 Å². The summed E-state index contributed by atoms with van der Waals surface area (Å²) in [5, 5.41) is 9.11. The molecule has 62 valence electrons. The van der Waals surface area contributed by atoms with Gasteiger partial charge in [0.15, 0.2) is 0 Å². The molecule has 0 aromatic rings. The first kappa shape index (κ1) is 9.92. The minimum atomic E-state index is -0.334. The molecular formula is C8H19NO. The van der Waals surface area contributed by atoms with Gasteiger partial charge in [-0.25, -0.2) is 0 Å². The molecule has 0 fully saturated rings. The van der Waals surface area contributed by atoms with Crippen LogP contribution < -0.4 is 0 Å². The first-order valence-electron chi connectivity index (χ1n) is 3.71. The highest BCUT2D eigenvalue weighted by atomic mass is 16.3. The van der Waals surface area contributed by atoms with E-state index in [0.29, 0.717) is 0 Å². The highest BCUT2D eigenvalue weighted by Crippen LogP contribution is 2.14. The molecule has 0 spiro atoms. The van der Waals surface area contributed by atoms with E-state index in [1.54, 1.807) is 6.92 Å². The molecule has 0 saturated heterocycles. The van der Waals surface area contributed by atoms with E-state index in [2.05, 4.69) is 20.8 Å². The van der Waals surface area contributed by atoms with Crippen LogP contribution in [0, 0.1) is 5.41 Å². The first-order chi connectivity index (χ1) is 4.33. The number of rotatable bonds is 2. The average Bonchev–Trinajstić information content (AvgIpc) is 1.60. The standard InChI is InChI=1S/C8H19NO/c1-7(10)9(5)6-8(2,3)4/h7,10H,6H2,1-5H3. The molecule has 0 radical (unpaired) electrons. The predicted octanol–water partition coefficient (Wildman–Crippen LogP) is 1.30.